The second-order valence-corrected chi connectivity index (χ2v) is 6.47. The molecule has 0 amide bonds. The Hall–Kier alpha value is -1.64. The van der Waals surface area contributed by atoms with Crippen molar-refractivity contribution >= 4 is 0 Å². The van der Waals surface area contributed by atoms with Crippen molar-refractivity contribution in [3.05, 3.63) is 71.8 Å². The normalized spacial score (nSPS) is 18.0. The van der Waals surface area contributed by atoms with Crippen LogP contribution in [-0.2, 0) is 16.9 Å². The van der Waals surface area contributed by atoms with Crippen molar-refractivity contribution in [2.45, 2.75) is 38.3 Å². The molecule has 2 aromatic rings. The fraction of sp³-hybridized carbons (Fsp3) is 0.429. The van der Waals surface area contributed by atoms with E-state index in [0.29, 0.717) is 0 Å². The molecule has 0 unspecified atom stereocenters. The van der Waals surface area contributed by atoms with Crippen molar-refractivity contribution in [1.82, 2.24) is 4.90 Å². The molecule has 1 saturated heterocycles. The molecule has 1 heterocycles. The molecule has 0 spiro atoms. The van der Waals surface area contributed by atoms with Crippen molar-refractivity contribution in [2.75, 3.05) is 19.7 Å². The summed E-state index contributed by atoms with van der Waals surface area (Å²) in [4.78, 5) is 2.55. The van der Waals surface area contributed by atoms with E-state index < -0.39 is 0 Å². The van der Waals surface area contributed by atoms with Gasteiger partial charge in [0.1, 0.15) is 0 Å². The van der Waals surface area contributed by atoms with E-state index in [1.807, 2.05) is 0 Å². The zero-order chi connectivity index (χ0) is 16.0. The van der Waals surface area contributed by atoms with E-state index >= 15 is 0 Å². The molecule has 1 fully saturated rings. The smallest absolute Gasteiger partial charge is 0.0955 e. The van der Waals surface area contributed by atoms with Crippen molar-refractivity contribution in [1.29, 1.82) is 0 Å². The summed E-state index contributed by atoms with van der Waals surface area (Å²) in [6.07, 6.45) is 3.22. The standard InChI is InChI=1S/C21H27NO/c1-2-17-23-21(20-11-7-4-8-12-20)13-15-22(16-14-21)18-19-9-5-3-6-10-19/h3-12H,2,13-18H2,1H3. The molecule has 0 radical (unpaired) electrons. The lowest BCUT2D eigenvalue weighted by atomic mass is 9.84. The molecule has 1 aliphatic heterocycles. The van der Waals surface area contributed by atoms with E-state index in [0.717, 1.165) is 45.5 Å². The fourth-order valence-electron chi connectivity index (χ4n) is 3.47. The fourth-order valence-corrected chi connectivity index (χ4v) is 3.47. The molecule has 0 atom stereocenters. The van der Waals surface area contributed by atoms with Gasteiger partial charge in [0.2, 0.25) is 0 Å². The van der Waals surface area contributed by atoms with Gasteiger partial charge < -0.3 is 4.74 Å². The zero-order valence-electron chi connectivity index (χ0n) is 14.1. The van der Waals surface area contributed by atoms with Crippen LogP contribution in [-0.4, -0.2) is 24.6 Å². The molecule has 2 aromatic carbocycles. The highest BCUT2D eigenvalue weighted by molar-refractivity contribution is 5.24. The largest absolute Gasteiger partial charge is 0.370 e. The number of rotatable bonds is 6. The van der Waals surface area contributed by atoms with Crippen molar-refractivity contribution in [2.24, 2.45) is 0 Å². The van der Waals surface area contributed by atoms with Crippen LogP contribution in [0.15, 0.2) is 60.7 Å². The first kappa shape index (κ1) is 16.2. The van der Waals surface area contributed by atoms with Crippen LogP contribution in [0.4, 0.5) is 0 Å². The number of nitrogens with zero attached hydrogens (tertiary/aromatic N) is 1. The molecule has 122 valence electrons. The summed E-state index contributed by atoms with van der Waals surface area (Å²) < 4.78 is 6.38. The Balaban J connectivity index is 1.67. The zero-order valence-corrected chi connectivity index (χ0v) is 14.1. The van der Waals surface area contributed by atoms with Gasteiger partial charge in [-0.05, 0) is 30.4 Å². The quantitative estimate of drug-likeness (QED) is 0.773. The molecule has 0 aromatic heterocycles. The van der Waals surface area contributed by atoms with Gasteiger partial charge in [0.25, 0.3) is 0 Å². The van der Waals surface area contributed by atoms with Crippen LogP contribution in [0, 0.1) is 0 Å². The summed E-state index contributed by atoms with van der Waals surface area (Å²) in [5, 5.41) is 0. The Morgan fingerprint density at radius 2 is 1.52 bits per heavy atom. The molecule has 0 N–H and O–H groups in total. The molecule has 2 heteroatoms. The van der Waals surface area contributed by atoms with E-state index in [1.165, 1.54) is 11.1 Å². The Kier molecular flexibility index (Phi) is 5.47. The molecule has 0 aliphatic carbocycles. The van der Waals surface area contributed by atoms with Crippen LogP contribution < -0.4 is 0 Å². The van der Waals surface area contributed by atoms with Gasteiger partial charge in [-0.1, -0.05) is 67.6 Å². The van der Waals surface area contributed by atoms with E-state index in [-0.39, 0.29) is 5.60 Å². The predicted octanol–water partition coefficient (Wildman–Crippen LogP) is 4.60. The Morgan fingerprint density at radius 1 is 0.913 bits per heavy atom. The predicted molar refractivity (Wildman–Crippen MR) is 95.3 cm³/mol. The van der Waals surface area contributed by atoms with Crippen LogP contribution in [0.5, 0.6) is 0 Å². The van der Waals surface area contributed by atoms with Crippen LogP contribution in [0.25, 0.3) is 0 Å². The maximum Gasteiger partial charge on any atom is 0.0955 e. The highest BCUT2D eigenvalue weighted by Gasteiger charge is 2.36. The van der Waals surface area contributed by atoms with Crippen LogP contribution >= 0.6 is 0 Å². The molecular formula is C21H27NO. The lowest BCUT2D eigenvalue weighted by Crippen LogP contribution is -2.44. The minimum absolute atomic E-state index is 0.0928. The first-order valence-corrected chi connectivity index (χ1v) is 8.78. The first-order chi connectivity index (χ1) is 11.3. The number of hydrogen-bond donors (Lipinski definition) is 0. The third kappa shape index (κ3) is 4.01. The van der Waals surface area contributed by atoms with Gasteiger partial charge in [0, 0.05) is 26.2 Å². The number of ether oxygens (including phenoxy) is 1. The van der Waals surface area contributed by atoms with Crippen LogP contribution in [0.1, 0.15) is 37.3 Å². The highest BCUT2D eigenvalue weighted by Crippen LogP contribution is 2.37. The minimum atomic E-state index is -0.0928. The maximum atomic E-state index is 6.38. The summed E-state index contributed by atoms with van der Waals surface area (Å²) in [6, 6.07) is 21.5. The van der Waals surface area contributed by atoms with Gasteiger partial charge in [-0.2, -0.15) is 0 Å². The Bertz CT molecular complexity index is 573. The molecule has 23 heavy (non-hydrogen) atoms. The molecule has 2 nitrogen and oxygen atoms in total. The molecular weight excluding hydrogens is 282 g/mol. The van der Waals surface area contributed by atoms with Crippen molar-refractivity contribution in [3.63, 3.8) is 0 Å². The average molecular weight is 309 g/mol. The minimum Gasteiger partial charge on any atom is -0.370 e. The van der Waals surface area contributed by atoms with Gasteiger partial charge in [-0.25, -0.2) is 0 Å². The third-order valence-electron chi connectivity index (χ3n) is 4.80. The monoisotopic (exact) mass is 309 g/mol. The van der Waals surface area contributed by atoms with E-state index in [9.17, 15) is 0 Å². The average Bonchev–Trinajstić information content (AvgIpc) is 2.63. The summed E-state index contributed by atoms with van der Waals surface area (Å²) in [7, 11) is 0. The number of likely N-dealkylation sites (tertiary alicyclic amines) is 1. The Labute approximate surface area is 140 Å². The number of benzene rings is 2. The third-order valence-corrected chi connectivity index (χ3v) is 4.80. The SMILES string of the molecule is CCCOC1(c2ccccc2)CCN(Cc2ccccc2)CC1. The number of piperidine rings is 1. The lowest BCUT2D eigenvalue weighted by molar-refractivity contribution is -0.0908. The van der Waals surface area contributed by atoms with Gasteiger partial charge in [-0.3, -0.25) is 4.90 Å². The van der Waals surface area contributed by atoms with Gasteiger partial charge >= 0.3 is 0 Å². The van der Waals surface area contributed by atoms with Crippen molar-refractivity contribution < 1.29 is 4.74 Å². The van der Waals surface area contributed by atoms with Gasteiger partial charge in [0.05, 0.1) is 5.60 Å². The Morgan fingerprint density at radius 3 is 2.13 bits per heavy atom. The topological polar surface area (TPSA) is 12.5 Å². The van der Waals surface area contributed by atoms with Crippen LogP contribution in [0.2, 0.25) is 0 Å². The second-order valence-electron chi connectivity index (χ2n) is 6.47. The second kappa shape index (κ2) is 7.76. The maximum absolute atomic E-state index is 6.38. The molecule has 0 saturated carbocycles. The lowest BCUT2D eigenvalue weighted by Gasteiger charge is -2.42. The van der Waals surface area contributed by atoms with Gasteiger partial charge in [-0.15, -0.1) is 0 Å². The van der Waals surface area contributed by atoms with E-state index in [1.54, 1.807) is 0 Å². The van der Waals surface area contributed by atoms with E-state index in [2.05, 4.69) is 72.5 Å². The summed E-state index contributed by atoms with van der Waals surface area (Å²) in [6.45, 7) is 6.25. The van der Waals surface area contributed by atoms with Crippen molar-refractivity contribution in [3.8, 4) is 0 Å². The van der Waals surface area contributed by atoms with E-state index in [4.69, 9.17) is 4.74 Å². The summed E-state index contributed by atoms with van der Waals surface area (Å²) >= 11 is 0. The number of hydrogen-bond acceptors (Lipinski definition) is 2. The molecule has 1 aliphatic rings. The summed E-state index contributed by atoms with van der Waals surface area (Å²) in [5.74, 6) is 0. The van der Waals surface area contributed by atoms with Gasteiger partial charge in [0.15, 0.2) is 0 Å². The first-order valence-electron chi connectivity index (χ1n) is 8.78. The molecule has 0 bridgehead atoms. The highest BCUT2D eigenvalue weighted by atomic mass is 16.5. The summed E-state index contributed by atoms with van der Waals surface area (Å²) in [5.41, 5.74) is 2.65. The molecule has 3 rings (SSSR count). The van der Waals surface area contributed by atoms with Crippen LogP contribution in [0.3, 0.4) is 0 Å².